The number of nitrogens with one attached hydrogen (secondary N) is 3. The number of hydrogen-bond donors (Lipinski definition) is 3. The highest BCUT2D eigenvalue weighted by Crippen LogP contribution is 2.29. The number of nitrogens with zero attached hydrogens (tertiary/aromatic N) is 3. The molecule has 1 aromatic heterocycles. The fourth-order valence-corrected chi connectivity index (χ4v) is 2.18. The molecule has 24 heavy (non-hydrogen) atoms. The van der Waals surface area contributed by atoms with E-state index in [-0.39, 0.29) is 24.9 Å². The Bertz CT molecular complexity index is 713. The predicted molar refractivity (Wildman–Crippen MR) is 97.2 cm³/mol. The average molecular weight is 390 g/mol. The van der Waals surface area contributed by atoms with Gasteiger partial charge < -0.3 is 10.2 Å². The molecule has 0 saturated carbocycles. The first-order valence-electron chi connectivity index (χ1n) is 6.57. The van der Waals surface area contributed by atoms with Crippen molar-refractivity contribution in [3.63, 3.8) is 0 Å². The third-order valence-corrected chi connectivity index (χ3v) is 3.43. The fraction of sp³-hybridized carbons (Fsp3) is 0.143. The van der Waals surface area contributed by atoms with Crippen LogP contribution < -0.4 is 15.5 Å². The Morgan fingerprint density at radius 1 is 1.33 bits per heavy atom. The number of hydrogen-bond acceptors (Lipinski definition) is 4. The van der Waals surface area contributed by atoms with Gasteiger partial charge in [-0.1, -0.05) is 23.2 Å². The number of aromatic nitrogens is 2. The molecule has 0 radical (unpaired) electrons. The topological polar surface area (TPSA) is 94.0 Å². The lowest BCUT2D eigenvalue weighted by Gasteiger charge is -2.25. The summed E-state index contributed by atoms with van der Waals surface area (Å²) in [5.41, 5.74) is 1.08. The number of amides is 2. The highest BCUT2D eigenvalue weighted by atomic mass is 35.5. The van der Waals surface area contributed by atoms with E-state index in [1.807, 2.05) is 0 Å². The Morgan fingerprint density at radius 2 is 2.08 bits per heavy atom. The van der Waals surface area contributed by atoms with E-state index in [2.05, 4.69) is 20.8 Å². The molecule has 0 saturated heterocycles. The van der Waals surface area contributed by atoms with Gasteiger partial charge in [-0.05, 0) is 30.3 Å². The lowest BCUT2D eigenvalue weighted by atomic mass is 10.2. The summed E-state index contributed by atoms with van der Waals surface area (Å²) in [6.07, 6.45) is 1.55. The number of urea groups is 1. The second kappa shape index (κ2) is 9.27. The number of carbonyl (C=O) groups is 1. The molecule has 0 atom stereocenters. The van der Waals surface area contributed by atoms with Gasteiger partial charge in [-0.2, -0.15) is 10.2 Å². The SMILES string of the molecule is CNC(=O)NC(=N)N(Cc1cccnn1)c1cc(Cl)ccc1Cl.Cl. The van der Waals surface area contributed by atoms with E-state index in [1.165, 1.54) is 11.9 Å². The first-order chi connectivity index (χ1) is 11.0. The zero-order valence-corrected chi connectivity index (χ0v) is 14.9. The molecular weight excluding hydrogens is 375 g/mol. The Hall–Kier alpha value is -2.09. The average Bonchev–Trinajstić information content (AvgIpc) is 2.55. The van der Waals surface area contributed by atoms with Gasteiger partial charge in [-0.15, -0.1) is 12.4 Å². The summed E-state index contributed by atoms with van der Waals surface area (Å²) in [5, 5.41) is 21.6. The van der Waals surface area contributed by atoms with Crippen molar-refractivity contribution in [2.75, 3.05) is 11.9 Å². The van der Waals surface area contributed by atoms with Gasteiger partial charge in [0.1, 0.15) is 0 Å². The Balaban J connectivity index is 0.00000288. The summed E-state index contributed by atoms with van der Waals surface area (Å²) < 4.78 is 0. The van der Waals surface area contributed by atoms with Gasteiger partial charge in [-0.3, -0.25) is 10.7 Å². The van der Waals surface area contributed by atoms with Crippen LogP contribution in [0.15, 0.2) is 36.5 Å². The fourth-order valence-electron chi connectivity index (χ4n) is 1.79. The van der Waals surface area contributed by atoms with Crippen LogP contribution in [0.25, 0.3) is 0 Å². The zero-order chi connectivity index (χ0) is 16.8. The first kappa shape index (κ1) is 20.0. The lowest BCUT2D eigenvalue weighted by Crippen LogP contribution is -2.46. The van der Waals surface area contributed by atoms with Crippen LogP contribution in [0, 0.1) is 5.41 Å². The summed E-state index contributed by atoms with van der Waals surface area (Å²) in [6, 6.07) is 7.85. The van der Waals surface area contributed by atoms with Crippen LogP contribution in [-0.2, 0) is 6.54 Å². The minimum Gasteiger partial charge on any atom is -0.341 e. The van der Waals surface area contributed by atoms with Crippen LogP contribution in [0.1, 0.15) is 5.69 Å². The summed E-state index contributed by atoms with van der Waals surface area (Å²) in [7, 11) is 1.46. The Morgan fingerprint density at radius 3 is 2.71 bits per heavy atom. The number of guanidine groups is 1. The van der Waals surface area contributed by atoms with E-state index < -0.39 is 6.03 Å². The summed E-state index contributed by atoms with van der Waals surface area (Å²) in [5.74, 6) is -0.167. The molecule has 0 aliphatic carbocycles. The minimum absolute atomic E-state index is 0. The normalized spacial score (nSPS) is 9.62. The standard InChI is InChI=1S/C14H14Cl2N6O.ClH/c1-18-14(23)20-13(17)22(8-10-3-2-6-19-21-10)12-7-9(15)4-5-11(12)16;/h2-7H,8H2,1H3,(H3,17,18,20,23);1H. The first-order valence-corrected chi connectivity index (χ1v) is 7.33. The van der Waals surface area contributed by atoms with E-state index in [9.17, 15) is 4.79 Å². The second-order valence-corrected chi connectivity index (χ2v) is 5.29. The van der Waals surface area contributed by atoms with Crippen molar-refractivity contribution in [1.29, 1.82) is 5.41 Å². The summed E-state index contributed by atoms with van der Waals surface area (Å²) in [4.78, 5) is 13.0. The largest absolute Gasteiger partial charge is 0.341 e. The van der Waals surface area contributed by atoms with Crippen molar-refractivity contribution >= 4 is 53.3 Å². The maximum Gasteiger partial charge on any atom is 0.321 e. The molecule has 1 heterocycles. The molecule has 0 aliphatic rings. The minimum atomic E-state index is -0.516. The van der Waals surface area contributed by atoms with Gasteiger partial charge in [0.2, 0.25) is 5.96 Å². The van der Waals surface area contributed by atoms with Crippen LogP contribution >= 0.6 is 35.6 Å². The van der Waals surface area contributed by atoms with E-state index in [4.69, 9.17) is 28.6 Å². The van der Waals surface area contributed by atoms with E-state index in [1.54, 1.807) is 36.5 Å². The van der Waals surface area contributed by atoms with Crippen molar-refractivity contribution in [3.05, 3.63) is 52.3 Å². The smallest absolute Gasteiger partial charge is 0.321 e. The third-order valence-electron chi connectivity index (χ3n) is 2.88. The van der Waals surface area contributed by atoms with Crippen molar-refractivity contribution in [2.45, 2.75) is 6.54 Å². The second-order valence-electron chi connectivity index (χ2n) is 4.45. The molecule has 7 nitrogen and oxygen atoms in total. The van der Waals surface area contributed by atoms with E-state index in [0.717, 1.165) is 0 Å². The molecule has 0 spiro atoms. The van der Waals surface area contributed by atoms with Crippen molar-refractivity contribution < 1.29 is 4.79 Å². The molecule has 0 bridgehead atoms. The Labute approximate surface area is 155 Å². The molecule has 10 heteroatoms. The highest BCUT2D eigenvalue weighted by molar-refractivity contribution is 6.35. The van der Waals surface area contributed by atoms with Gasteiger partial charge in [0, 0.05) is 18.3 Å². The van der Waals surface area contributed by atoms with Gasteiger partial charge in [-0.25, -0.2) is 4.79 Å². The van der Waals surface area contributed by atoms with Crippen LogP contribution in [0.3, 0.4) is 0 Å². The quantitative estimate of drug-likeness (QED) is 0.555. The summed E-state index contributed by atoms with van der Waals surface area (Å²) >= 11 is 12.2. The third kappa shape index (κ3) is 5.23. The van der Waals surface area contributed by atoms with Crippen molar-refractivity contribution in [3.8, 4) is 0 Å². The maximum absolute atomic E-state index is 11.5. The van der Waals surface area contributed by atoms with Gasteiger partial charge in [0.05, 0.1) is 22.9 Å². The van der Waals surface area contributed by atoms with Crippen molar-refractivity contribution in [1.82, 2.24) is 20.8 Å². The summed E-state index contributed by atoms with van der Waals surface area (Å²) in [6.45, 7) is 0.191. The lowest BCUT2D eigenvalue weighted by molar-refractivity contribution is 0.247. The van der Waals surface area contributed by atoms with E-state index in [0.29, 0.717) is 21.4 Å². The van der Waals surface area contributed by atoms with Crippen LogP contribution in [0.2, 0.25) is 10.0 Å². The van der Waals surface area contributed by atoms with Gasteiger partial charge in [0.25, 0.3) is 0 Å². The molecular formula is C14H15Cl3N6O. The number of benzene rings is 1. The number of halogens is 3. The number of anilines is 1. The molecule has 2 amide bonds. The highest BCUT2D eigenvalue weighted by Gasteiger charge is 2.18. The zero-order valence-electron chi connectivity index (χ0n) is 12.6. The molecule has 0 unspecified atom stereocenters. The maximum atomic E-state index is 11.5. The van der Waals surface area contributed by atoms with Crippen molar-refractivity contribution in [2.24, 2.45) is 0 Å². The van der Waals surface area contributed by atoms with Crippen LogP contribution in [0.4, 0.5) is 10.5 Å². The predicted octanol–water partition coefficient (Wildman–Crippen LogP) is 3.08. The van der Waals surface area contributed by atoms with Gasteiger partial charge in [0.15, 0.2) is 0 Å². The van der Waals surface area contributed by atoms with Gasteiger partial charge >= 0.3 is 6.03 Å². The Kier molecular flexibility index (Phi) is 7.70. The number of rotatable bonds is 3. The molecule has 1 aromatic carbocycles. The molecule has 128 valence electrons. The molecule has 2 rings (SSSR count). The molecule has 2 aromatic rings. The van der Waals surface area contributed by atoms with E-state index >= 15 is 0 Å². The number of carbonyl (C=O) groups excluding carboxylic acids is 1. The monoisotopic (exact) mass is 388 g/mol. The van der Waals surface area contributed by atoms with Crippen LogP contribution in [-0.4, -0.2) is 29.2 Å². The van der Waals surface area contributed by atoms with Crippen LogP contribution in [0.5, 0.6) is 0 Å². The molecule has 3 N–H and O–H groups in total. The molecule has 0 fully saturated rings. The molecule has 0 aliphatic heterocycles.